The molecule has 2 rings (SSSR count). The molecule has 116 valence electrons. The van der Waals surface area contributed by atoms with Crippen molar-refractivity contribution in [2.24, 2.45) is 0 Å². The molecule has 1 aromatic carbocycles. The number of amides is 2. The number of morpholine rings is 1. The lowest BCUT2D eigenvalue weighted by atomic mass is 10.1. The maximum absolute atomic E-state index is 12.3. The van der Waals surface area contributed by atoms with Crippen LogP contribution in [-0.2, 0) is 11.2 Å². The Bertz CT molecular complexity index is 465. The fourth-order valence-electron chi connectivity index (χ4n) is 2.68. The van der Waals surface area contributed by atoms with E-state index in [9.17, 15) is 9.90 Å². The predicted octanol–water partition coefficient (Wildman–Crippen LogP) is 2.14. The van der Waals surface area contributed by atoms with E-state index in [2.05, 4.69) is 5.32 Å². The van der Waals surface area contributed by atoms with Gasteiger partial charge in [-0.3, -0.25) is 0 Å². The molecule has 0 aliphatic carbocycles. The molecule has 0 radical (unpaired) electrons. The van der Waals surface area contributed by atoms with Crippen molar-refractivity contribution in [1.82, 2.24) is 10.2 Å². The second-order valence-corrected chi connectivity index (χ2v) is 5.88. The molecule has 0 aromatic heterocycles. The summed E-state index contributed by atoms with van der Waals surface area (Å²) in [4.78, 5) is 14.1. The summed E-state index contributed by atoms with van der Waals surface area (Å²) in [6.07, 6.45) is 0.889. The minimum atomic E-state index is -0.0386. The molecular weight excluding hydrogens is 268 g/mol. The Morgan fingerprint density at radius 3 is 2.48 bits per heavy atom. The van der Waals surface area contributed by atoms with Crippen molar-refractivity contribution >= 4 is 6.03 Å². The van der Waals surface area contributed by atoms with Crippen LogP contribution in [0.25, 0.3) is 0 Å². The molecule has 3 unspecified atom stereocenters. The summed E-state index contributed by atoms with van der Waals surface area (Å²) in [6.45, 7) is 7.20. The third kappa shape index (κ3) is 4.63. The number of urea groups is 1. The van der Waals surface area contributed by atoms with E-state index in [0.717, 1.165) is 12.0 Å². The lowest BCUT2D eigenvalue weighted by Crippen LogP contribution is -2.53. The van der Waals surface area contributed by atoms with Crippen molar-refractivity contribution in [2.45, 2.75) is 45.4 Å². The number of rotatable bonds is 3. The van der Waals surface area contributed by atoms with E-state index in [1.165, 1.54) is 0 Å². The third-order valence-electron chi connectivity index (χ3n) is 3.55. The van der Waals surface area contributed by atoms with Crippen molar-refractivity contribution in [1.29, 1.82) is 0 Å². The number of ether oxygens (including phenoxy) is 1. The molecule has 0 bridgehead atoms. The zero-order valence-corrected chi connectivity index (χ0v) is 12.9. The second kappa shape index (κ2) is 6.80. The summed E-state index contributed by atoms with van der Waals surface area (Å²) >= 11 is 0. The molecule has 1 fully saturated rings. The molecule has 1 aromatic rings. The number of phenolic OH excluding ortho intramolecular Hbond substituents is 1. The van der Waals surface area contributed by atoms with Crippen LogP contribution in [-0.4, -0.2) is 47.4 Å². The van der Waals surface area contributed by atoms with E-state index in [1.807, 2.05) is 37.8 Å². The van der Waals surface area contributed by atoms with Crippen molar-refractivity contribution < 1.29 is 14.6 Å². The van der Waals surface area contributed by atoms with E-state index >= 15 is 0 Å². The van der Waals surface area contributed by atoms with E-state index < -0.39 is 0 Å². The highest BCUT2D eigenvalue weighted by molar-refractivity contribution is 5.74. The summed E-state index contributed by atoms with van der Waals surface area (Å²) in [7, 11) is 0. The van der Waals surface area contributed by atoms with Crippen molar-refractivity contribution in [3.63, 3.8) is 0 Å². The molecule has 3 atom stereocenters. The first-order valence-electron chi connectivity index (χ1n) is 7.43. The number of hydrogen-bond acceptors (Lipinski definition) is 3. The lowest BCUT2D eigenvalue weighted by Gasteiger charge is -2.35. The van der Waals surface area contributed by atoms with Crippen molar-refractivity contribution in [2.75, 3.05) is 13.1 Å². The largest absolute Gasteiger partial charge is 0.508 e. The van der Waals surface area contributed by atoms with Gasteiger partial charge in [0.2, 0.25) is 0 Å². The lowest BCUT2D eigenvalue weighted by molar-refractivity contribution is -0.0547. The SMILES string of the molecule is CC(Cc1ccc(O)cc1)NC(=O)N1CC(C)OC(C)C1. The van der Waals surface area contributed by atoms with Crippen LogP contribution in [0.3, 0.4) is 0 Å². The minimum Gasteiger partial charge on any atom is -0.508 e. The van der Waals surface area contributed by atoms with Gasteiger partial charge in [-0.2, -0.15) is 0 Å². The first kappa shape index (κ1) is 15.6. The summed E-state index contributed by atoms with van der Waals surface area (Å²) < 4.78 is 5.63. The van der Waals surface area contributed by atoms with Crippen molar-refractivity contribution in [3.05, 3.63) is 29.8 Å². The smallest absolute Gasteiger partial charge is 0.317 e. The Morgan fingerprint density at radius 1 is 1.33 bits per heavy atom. The van der Waals surface area contributed by atoms with Crippen LogP contribution in [0.1, 0.15) is 26.3 Å². The molecule has 5 heteroatoms. The highest BCUT2D eigenvalue weighted by Crippen LogP contribution is 2.13. The van der Waals surface area contributed by atoms with Gasteiger partial charge in [-0.1, -0.05) is 12.1 Å². The summed E-state index contributed by atoms with van der Waals surface area (Å²) in [5, 5.41) is 12.3. The second-order valence-electron chi connectivity index (χ2n) is 5.88. The highest BCUT2D eigenvalue weighted by Gasteiger charge is 2.26. The van der Waals surface area contributed by atoms with Crippen LogP contribution in [0.2, 0.25) is 0 Å². The molecule has 21 heavy (non-hydrogen) atoms. The molecule has 2 amide bonds. The third-order valence-corrected chi connectivity index (χ3v) is 3.55. The van der Waals surface area contributed by atoms with E-state index in [1.54, 1.807) is 12.1 Å². The van der Waals surface area contributed by atoms with Crippen molar-refractivity contribution in [3.8, 4) is 5.75 Å². The van der Waals surface area contributed by atoms with Crippen LogP contribution in [0.4, 0.5) is 4.79 Å². The highest BCUT2D eigenvalue weighted by atomic mass is 16.5. The van der Waals surface area contributed by atoms with Gasteiger partial charge in [0.15, 0.2) is 0 Å². The molecule has 1 heterocycles. The normalized spacial score (nSPS) is 23.7. The molecule has 5 nitrogen and oxygen atoms in total. The molecule has 0 saturated carbocycles. The van der Waals surface area contributed by atoms with E-state index in [0.29, 0.717) is 13.1 Å². The van der Waals surface area contributed by atoms with Crippen LogP contribution in [0.15, 0.2) is 24.3 Å². The Balaban J connectivity index is 1.85. The number of carbonyl (C=O) groups excluding carboxylic acids is 1. The van der Waals surface area contributed by atoms with Gasteiger partial charge < -0.3 is 20.1 Å². The molecule has 1 aliphatic heterocycles. The van der Waals surface area contributed by atoms with Gasteiger partial charge in [0.25, 0.3) is 0 Å². The Labute approximate surface area is 125 Å². The van der Waals surface area contributed by atoms with Crippen LogP contribution >= 0.6 is 0 Å². The van der Waals surface area contributed by atoms with Gasteiger partial charge in [0.1, 0.15) is 5.75 Å². The minimum absolute atomic E-state index is 0.0375. The maximum atomic E-state index is 12.3. The summed E-state index contributed by atoms with van der Waals surface area (Å²) in [5.41, 5.74) is 1.09. The standard InChI is InChI=1S/C16H24N2O3/c1-11(8-14-4-6-15(19)7-5-14)17-16(20)18-9-12(2)21-13(3)10-18/h4-7,11-13,19H,8-10H2,1-3H3,(H,17,20). The number of nitrogens with zero attached hydrogens (tertiary/aromatic N) is 1. The average Bonchev–Trinajstić information content (AvgIpc) is 2.40. The summed E-state index contributed by atoms with van der Waals surface area (Å²) in [6, 6.07) is 7.07. The van der Waals surface area contributed by atoms with Gasteiger partial charge in [-0.15, -0.1) is 0 Å². The van der Waals surface area contributed by atoms with Crippen LogP contribution in [0.5, 0.6) is 5.75 Å². The molecule has 0 spiro atoms. The number of benzene rings is 1. The van der Waals surface area contributed by atoms with Gasteiger partial charge in [0, 0.05) is 19.1 Å². The van der Waals surface area contributed by atoms with Gasteiger partial charge in [-0.25, -0.2) is 4.79 Å². The first-order chi connectivity index (χ1) is 9.94. The Hall–Kier alpha value is -1.75. The fraction of sp³-hybridized carbons (Fsp3) is 0.562. The zero-order chi connectivity index (χ0) is 15.4. The van der Waals surface area contributed by atoms with Crippen LogP contribution < -0.4 is 5.32 Å². The number of phenols is 1. The quantitative estimate of drug-likeness (QED) is 0.897. The monoisotopic (exact) mass is 292 g/mol. The van der Waals surface area contributed by atoms with Gasteiger partial charge in [0.05, 0.1) is 12.2 Å². The molecule has 1 aliphatic rings. The van der Waals surface area contributed by atoms with E-state index in [-0.39, 0.29) is 30.0 Å². The summed E-state index contributed by atoms with van der Waals surface area (Å²) in [5.74, 6) is 0.256. The predicted molar refractivity (Wildman–Crippen MR) is 81.4 cm³/mol. The van der Waals surface area contributed by atoms with Gasteiger partial charge in [-0.05, 0) is 44.9 Å². The number of aromatic hydroxyl groups is 1. The Morgan fingerprint density at radius 2 is 1.90 bits per heavy atom. The number of hydrogen-bond donors (Lipinski definition) is 2. The number of carbonyl (C=O) groups is 1. The molecule has 1 saturated heterocycles. The topological polar surface area (TPSA) is 61.8 Å². The van der Waals surface area contributed by atoms with Crippen LogP contribution in [0, 0.1) is 0 Å². The zero-order valence-electron chi connectivity index (χ0n) is 12.9. The first-order valence-corrected chi connectivity index (χ1v) is 7.43. The van der Waals surface area contributed by atoms with Gasteiger partial charge >= 0.3 is 6.03 Å². The maximum Gasteiger partial charge on any atom is 0.317 e. The van der Waals surface area contributed by atoms with E-state index in [4.69, 9.17) is 4.74 Å². The number of nitrogens with one attached hydrogen (secondary N) is 1. The fourth-order valence-corrected chi connectivity index (χ4v) is 2.68. The Kier molecular flexibility index (Phi) is 5.07. The average molecular weight is 292 g/mol. The molecule has 2 N–H and O–H groups in total. The molecular formula is C16H24N2O3.